The summed E-state index contributed by atoms with van der Waals surface area (Å²) in [5, 5.41) is 56.9. The smallest absolute Gasteiger partial charge is 0.306 e. The highest BCUT2D eigenvalue weighted by Gasteiger charge is 2.47. The van der Waals surface area contributed by atoms with E-state index in [-0.39, 0.29) is 19.4 Å². The van der Waals surface area contributed by atoms with Gasteiger partial charge >= 0.3 is 5.97 Å². The van der Waals surface area contributed by atoms with Crippen LogP contribution in [0.4, 0.5) is 0 Å². The number of ether oxygens (including phenoxy) is 3. The Balaban J connectivity index is 2.63. The number of unbranched alkanes of at least 4 members (excludes halogenated alkanes) is 29. The number of hydrogen-bond donors (Lipinski definition) is 6. The van der Waals surface area contributed by atoms with Crippen molar-refractivity contribution in [3.63, 3.8) is 0 Å². The molecule has 0 aromatic carbocycles. The van der Waals surface area contributed by atoms with Crippen LogP contribution in [0.2, 0.25) is 0 Å². The van der Waals surface area contributed by atoms with Crippen LogP contribution >= 0.6 is 0 Å². The lowest BCUT2D eigenvalue weighted by Crippen LogP contribution is -2.61. The van der Waals surface area contributed by atoms with Gasteiger partial charge in [0, 0.05) is 6.42 Å². The molecule has 8 unspecified atom stereocenters. The van der Waals surface area contributed by atoms with Gasteiger partial charge in [0.25, 0.3) is 0 Å². The van der Waals surface area contributed by atoms with Crippen molar-refractivity contribution in [3.05, 3.63) is 72.9 Å². The van der Waals surface area contributed by atoms with Crippen molar-refractivity contribution >= 4 is 11.9 Å². The van der Waals surface area contributed by atoms with Gasteiger partial charge in [-0.3, -0.25) is 9.59 Å². The van der Waals surface area contributed by atoms with Gasteiger partial charge in [0.2, 0.25) is 5.91 Å². The molecule has 0 aliphatic carbocycles. The Morgan fingerprint density at radius 2 is 0.896 bits per heavy atom. The second kappa shape index (κ2) is 53.7. The van der Waals surface area contributed by atoms with Gasteiger partial charge in [-0.25, -0.2) is 0 Å². The Kier molecular flexibility index (Phi) is 50.3. The van der Waals surface area contributed by atoms with Gasteiger partial charge in [-0.1, -0.05) is 241 Å². The van der Waals surface area contributed by atoms with Crippen molar-refractivity contribution < 1.29 is 49.3 Å². The van der Waals surface area contributed by atoms with Gasteiger partial charge in [0.05, 0.1) is 25.4 Å². The molecule has 0 aromatic heterocycles. The molecule has 0 aromatic rings. The largest absolute Gasteiger partial charge is 0.454 e. The van der Waals surface area contributed by atoms with E-state index in [0.717, 1.165) is 89.9 Å². The Bertz CT molecular complexity index is 1530. The summed E-state index contributed by atoms with van der Waals surface area (Å²) >= 11 is 0. The fraction of sp³-hybridized carbons (Fsp3) is 0.788. The third-order valence-electron chi connectivity index (χ3n) is 14.6. The Labute approximate surface area is 471 Å². The monoisotopic (exact) mass is 1080 g/mol. The molecule has 0 saturated carbocycles. The lowest BCUT2D eigenvalue weighted by Gasteiger charge is -2.41. The fourth-order valence-corrected chi connectivity index (χ4v) is 9.51. The number of aliphatic hydroxyl groups excluding tert-OH is 5. The summed E-state index contributed by atoms with van der Waals surface area (Å²) in [6, 6.07) is -1.03. The second-order valence-corrected chi connectivity index (χ2v) is 21.8. The van der Waals surface area contributed by atoms with E-state index in [1.807, 2.05) is 6.08 Å². The first kappa shape index (κ1) is 72.1. The zero-order chi connectivity index (χ0) is 56.1. The molecule has 8 atom stereocenters. The first-order chi connectivity index (χ1) is 37.7. The highest BCUT2D eigenvalue weighted by molar-refractivity contribution is 5.80. The molecule has 77 heavy (non-hydrogen) atoms. The summed E-state index contributed by atoms with van der Waals surface area (Å²) in [6.07, 6.45) is 58.0. The molecule has 1 aliphatic heterocycles. The molecule has 11 heteroatoms. The average Bonchev–Trinajstić information content (AvgIpc) is 3.44. The number of carbonyl (C=O) groups is 2. The van der Waals surface area contributed by atoms with Crippen LogP contribution in [-0.2, 0) is 23.8 Å². The number of rotatable bonds is 53. The zero-order valence-electron chi connectivity index (χ0n) is 49.3. The van der Waals surface area contributed by atoms with Gasteiger partial charge in [-0.15, -0.1) is 0 Å². The van der Waals surface area contributed by atoms with E-state index in [4.69, 9.17) is 14.2 Å². The molecule has 11 nitrogen and oxygen atoms in total. The second-order valence-electron chi connectivity index (χ2n) is 21.8. The molecule has 1 rings (SSSR count). The van der Waals surface area contributed by atoms with Crippen LogP contribution < -0.4 is 5.32 Å². The maximum Gasteiger partial charge on any atom is 0.306 e. The molecule has 0 radical (unpaired) electrons. The van der Waals surface area contributed by atoms with Gasteiger partial charge < -0.3 is 45.1 Å². The minimum Gasteiger partial charge on any atom is -0.454 e. The highest BCUT2D eigenvalue weighted by Crippen LogP contribution is 2.26. The van der Waals surface area contributed by atoms with E-state index in [2.05, 4.69) is 86.8 Å². The number of aliphatic hydroxyl groups is 5. The number of amides is 1. The first-order valence-electron chi connectivity index (χ1n) is 31.7. The lowest BCUT2D eigenvalue weighted by molar-refractivity contribution is -0.305. The van der Waals surface area contributed by atoms with E-state index in [0.29, 0.717) is 12.8 Å². The summed E-state index contributed by atoms with van der Waals surface area (Å²) in [5.74, 6) is -1.22. The summed E-state index contributed by atoms with van der Waals surface area (Å²) in [6.45, 7) is 5.73. The van der Waals surface area contributed by atoms with E-state index in [9.17, 15) is 35.1 Å². The molecule has 1 amide bonds. The van der Waals surface area contributed by atoms with Crippen LogP contribution in [0, 0.1) is 0 Å². The van der Waals surface area contributed by atoms with Gasteiger partial charge in [-0.2, -0.15) is 0 Å². The highest BCUT2D eigenvalue weighted by atomic mass is 16.7. The maximum atomic E-state index is 13.4. The van der Waals surface area contributed by atoms with E-state index in [1.165, 1.54) is 135 Å². The van der Waals surface area contributed by atoms with Crippen LogP contribution in [0.25, 0.3) is 0 Å². The quantitative estimate of drug-likeness (QED) is 0.0195. The third kappa shape index (κ3) is 41.7. The standard InChI is InChI=1S/C66H117NO10/c1-4-7-10-13-16-19-22-24-25-26-27-28-29-30-31-32-33-34-36-38-41-44-47-50-53-59(70)65(74)67-57(58(69)52-49-46-43-40-37-21-18-15-12-9-6-3)56-75-66-64(63(73)62(72)60(55-68)76-66)77-61(71)54-51-48-45-42-39-35-23-20-17-14-11-8-5-2/h16,19,24-25,27-28,30-31,35,39,49,52,57-60,62-64,66,68-70,72-73H,4-15,17-18,20-23,26,29,32-34,36-38,40-48,50-51,53-56H2,1-3H3,(H,67,74)/b19-16-,25-24-,28-27-,31-30-,39-35-,52-49+. The van der Waals surface area contributed by atoms with E-state index < -0.39 is 67.4 Å². The maximum absolute atomic E-state index is 13.4. The van der Waals surface area contributed by atoms with Crippen molar-refractivity contribution in [2.45, 2.75) is 320 Å². The summed E-state index contributed by atoms with van der Waals surface area (Å²) in [7, 11) is 0. The SMILES string of the molecule is CCCCC/C=C\C/C=C\C/C=C\C/C=C\CCCCCCCCCCC(O)C(=O)NC(COC1OC(CO)C(O)C(O)C1OC(=O)CCCCC/C=C\CCCCCCCC)C(O)/C=C/CCCCCCCCCCC. The van der Waals surface area contributed by atoms with Gasteiger partial charge in [0.1, 0.15) is 24.4 Å². The predicted molar refractivity (Wildman–Crippen MR) is 319 cm³/mol. The summed E-state index contributed by atoms with van der Waals surface area (Å²) < 4.78 is 17.6. The van der Waals surface area contributed by atoms with Gasteiger partial charge in [-0.05, 0) is 96.3 Å². The molecular formula is C66H117NO10. The molecule has 0 bridgehead atoms. The molecule has 1 saturated heterocycles. The normalized spacial score (nSPS) is 19.5. The minimum absolute atomic E-state index is 0.101. The van der Waals surface area contributed by atoms with Crippen molar-refractivity contribution in [1.29, 1.82) is 0 Å². The van der Waals surface area contributed by atoms with Crippen LogP contribution in [0.5, 0.6) is 0 Å². The van der Waals surface area contributed by atoms with Crippen molar-refractivity contribution in [3.8, 4) is 0 Å². The zero-order valence-corrected chi connectivity index (χ0v) is 49.3. The van der Waals surface area contributed by atoms with Gasteiger partial charge in [0.15, 0.2) is 12.4 Å². The number of allylic oxidation sites excluding steroid dienone is 11. The van der Waals surface area contributed by atoms with Crippen LogP contribution in [-0.4, -0.2) is 99.6 Å². The van der Waals surface area contributed by atoms with Crippen molar-refractivity contribution in [2.24, 2.45) is 0 Å². The Morgan fingerprint density at radius 3 is 1.38 bits per heavy atom. The molecule has 1 heterocycles. The number of carbonyl (C=O) groups excluding carboxylic acids is 2. The first-order valence-corrected chi connectivity index (χ1v) is 31.7. The van der Waals surface area contributed by atoms with Crippen molar-refractivity contribution in [1.82, 2.24) is 5.32 Å². The number of esters is 1. The Morgan fingerprint density at radius 1 is 0.506 bits per heavy atom. The average molecular weight is 1080 g/mol. The van der Waals surface area contributed by atoms with Crippen LogP contribution in [0.3, 0.4) is 0 Å². The molecule has 1 fully saturated rings. The van der Waals surface area contributed by atoms with Crippen molar-refractivity contribution in [2.75, 3.05) is 13.2 Å². The molecule has 446 valence electrons. The molecule has 6 N–H and O–H groups in total. The molecule has 0 spiro atoms. The molecular weight excluding hydrogens is 967 g/mol. The topological polar surface area (TPSA) is 175 Å². The summed E-state index contributed by atoms with van der Waals surface area (Å²) in [4.78, 5) is 26.5. The fourth-order valence-electron chi connectivity index (χ4n) is 9.51. The number of nitrogens with one attached hydrogen (secondary N) is 1. The predicted octanol–water partition coefficient (Wildman–Crippen LogP) is 15.2. The summed E-state index contributed by atoms with van der Waals surface area (Å²) in [5.41, 5.74) is 0. The van der Waals surface area contributed by atoms with Crippen LogP contribution in [0.1, 0.15) is 271 Å². The number of hydrogen-bond acceptors (Lipinski definition) is 10. The van der Waals surface area contributed by atoms with Crippen LogP contribution in [0.15, 0.2) is 72.9 Å². The molecule has 1 aliphatic rings. The third-order valence-corrected chi connectivity index (χ3v) is 14.6. The Hall–Kier alpha value is -2.90. The lowest BCUT2D eigenvalue weighted by atomic mass is 9.99. The van der Waals surface area contributed by atoms with E-state index in [1.54, 1.807) is 6.08 Å². The van der Waals surface area contributed by atoms with E-state index >= 15 is 0 Å². The minimum atomic E-state index is -1.62.